The van der Waals surface area contributed by atoms with Crippen molar-refractivity contribution in [3.63, 3.8) is 0 Å². The minimum atomic E-state index is 0.181. The Morgan fingerprint density at radius 3 is 2.24 bits per heavy atom. The van der Waals surface area contributed by atoms with Crippen LogP contribution in [0.3, 0.4) is 0 Å². The molecule has 0 spiro atoms. The van der Waals surface area contributed by atoms with Gasteiger partial charge < -0.3 is 15.4 Å². The summed E-state index contributed by atoms with van der Waals surface area (Å²) in [5.41, 5.74) is 1.31. The summed E-state index contributed by atoms with van der Waals surface area (Å²) in [6, 6.07) is 8.07. The Morgan fingerprint density at radius 1 is 1.06 bits per heavy atom. The van der Waals surface area contributed by atoms with Gasteiger partial charge in [0.15, 0.2) is 0 Å². The number of ether oxygens (including phenoxy) is 1. The summed E-state index contributed by atoms with van der Waals surface area (Å²) in [5.74, 6) is 0.922. The van der Waals surface area contributed by atoms with E-state index in [1.807, 2.05) is 31.2 Å². The SMILES string of the molecule is CCOc1ccc(NCCNC(C)(C)C)cc1. The highest BCUT2D eigenvalue weighted by Crippen LogP contribution is 2.15. The van der Waals surface area contributed by atoms with Crippen molar-refractivity contribution in [3.05, 3.63) is 24.3 Å². The van der Waals surface area contributed by atoms with E-state index in [9.17, 15) is 0 Å². The summed E-state index contributed by atoms with van der Waals surface area (Å²) < 4.78 is 5.39. The van der Waals surface area contributed by atoms with Crippen molar-refractivity contribution in [2.24, 2.45) is 0 Å². The van der Waals surface area contributed by atoms with Crippen LogP contribution in [0.5, 0.6) is 5.75 Å². The highest BCUT2D eigenvalue weighted by atomic mass is 16.5. The van der Waals surface area contributed by atoms with Crippen LogP contribution in [-0.4, -0.2) is 25.2 Å². The summed E-state index contributed by atoms with van der Waals surface area (Å²) in [4.78, 5) is 0. The maximum absolute atomic E-state index is 5.39. The van der Waals surface area contributed by atoms with Gasteiger partial charge in [-0.2, -0.15) is 0 Å². The van der Waals surface area contributed by atoms with Gasteiger partial charge >= 0.3 is 0 Å². The van der Waals surface area contributed by atoms with E-state index in [4.69, 9.17) is 4.74 Å². The zero-order valence-corrected chi connectivity index (χ0v) is 11.3. The van der Waals surface area contributed by atoms with Gasteiger partial charge in [-0.3, -0.25) is 0 Å². The summed E-state index contributed by atoms with van der Waals surface area (Å²) in [7, 11) is 0. The maximum atomic E-state index is 5.39. The molecule has 0 unspecified atom stereocenters. The third-order valence-corrected chi connectivity index (χ3v) is 2.27. The maximum Gasteiger partial charge on any atom is 0.119 e. The molecule has 0 amide bonds. The first-order valence-corrected chi connectivity index (χ1v) is 6.23. The Balaban J connectivity index is 2.27. The first-order chi connectivity index (χ1) is 8.01. The van der Waals surface area contributed by atoms with Crippen LogP contribution in [0.4, 0.5) is 5.69 Å². The smallest absolute Gasteiger partial charge is 0.119 e. The lowest BCUT2D eigenvalue weighted by atomic mass is 10.1. The van der Waals surface area contributed by atoms with Gasteiger partial charge in [0.25, 0.3) is 0 Å². The molecule has 0 atom stereocenters. The van der Waals surface area contributed by atoms with Crippen LogP contribution in [0.25, 0.3) is 0 Å². The monoisotopic (exact) mass is 236 g/mol. The van der Waals surface area contributed by atoms with E-state index in [-0.39, 0.29) is 5.54 Å². The zero-order chi connectivity index (χ0) is 12.7. The fourth-order valence-electron chi connectivity index (χ4n) is 1.48. The molecule has 0 radical (unpaired) electrons. The summed E-state index contributed by atoms with van der Waals surface area (Å²) in [6.45, 7) is 11.1. The first-order valence-electron chi connectivity index (χ1n) is 6.23. The molecule has 0 aliphatic rings. The molecule has 0 fully saturated rings. The lowest BCUT2D eigenvalue weighted by Crippen LogP contribution is -2.38. The second-order valence-electron chi connectivity index (χ2n) is 5.06. The molecule has 0 aliphatic carbocycles. The molecule has 1 rings (SSSR count). The van der Waals surface area contributed by atoms with Gasteiger partial charge in [-0.25, -0.2) is 0 Å². The second kappa shape index (κ2) is 6.50. The van der Waals surface area contributed by atoms with Crippen LogP contribution in [0.15, 0.2) is 24.3 Å². The second-order valence-corrected chi connectivity index (χ2v) is 5.06. The van der Waals surface area contributed by atoms with Gasteiger partial charge in [0.2, 0.25) is 0 Å². The first kappa shape index (κ1) is 13.8. The molecule has 0 aromatic heterocycles. The van der Waals surface area contributed by atoms with Crippen molar-refractivity contribution in [1.82, 2.24) is 5.32 Å². The van der Waals surface area contributed by atoms with Crippen molar-refractivity contribution in [2.75, 3.05) is 25.0 Å². The predicted octanol–water partition coefficient (Wildman–Crippen LogP) is 2.89. The highest BCUT2D eigenvalue weighted by molar-refractivity contribution is 5.46. The van der Waals surface area contributed by atoms with Crippen LogP contribution < -0.4 is 15.4 Å². The number of hydrogen-bond donors (Lipinski definition) is 2. The molecule has 0 heterocycles. The Kier molecular flexibility index (Phi) is 5.29. The number of hydrogen-bond acceptors (Lipinski definition) is 3. The van der Waals surface area contributed by atoms with Crippen molar-refractivity contribution in [2.45, 2.75) is 33.2 Å². The summed E-state index contributed by atoms with van der Waals surface area (Å²) in [5, 5.41) is 6.81. The van der Waals surface area contributed by atoms with Crippen LogP contribution in [0.1, 0.15) is 27.7 Å². The van der Waals surface area contributed by atoms with Gasteiger partial charge in [0, 0.05) is 24.3 Å². The van der Waals surface area contributed by atoms with Crippen molar-refractivity contribution in [1.29, 1.82) is 0 Å². The van der Waals surface area contributed by atoms with Gasteiger partial charge in [0.05, 0.1) is 6.61 Å². The molecular weight excluding hydrogens is 212 g/mol. The number of nitrogens with one attached hydrogen (secondary N) is 2. The topological polar surface area (TPSA) is 33.3 Å². The standard InChI is InChI=1S/C14H24N2O/c1-5-17-13-8-6-12(7-9-13)15-10-11-16-14(2,3)4/h6-9,15-16H,5,10-11H2,1-4H3. The van der Waals surface area contributed by atoms with Crippen molar-refractivity contribution < 1.29 is 4.74 Å². The van der Waals surface area contributed by atoms with Crippen LogP contribution in [0.2, 0.25) is 0 Å². The van der Waals surface area contributed by atoms with Gasteiger partial charge in [-0.1, -0.05) is 0 Å². The van der Waals surface area contributed by atoms with E-state index < -0.39 is 0 Å². The fourth-order valence-corrected chi connectivity index (χ4v) is 1.48. The van der Waals surface area contributed by atoms with Gasteiger partial charge in [0.1, 0.15) is 5.75 Å². The van der Waals surface area contributed by atoms with Gasteiger partial charge in [-0.05, 0) is 52.0 Å². The van der Waals surface area contributed by atoms with Gasteiger partial charge in [-0.15, -0.1) is 0 Å². The van der Waals surface area contributed by atoms with Crippen LogP contribution in [0, 0.1) is 0 Å². The van der Waals surface area contributed by atoms with Crippen LogP contribution >= 0.6 is 0 Å². The molecule has 0 aliphatic heterocycles. The highest BCUT2D eigenvalue weighted by Gasteiger charge is 2.06. The molecule has 3 nitrogen and oxygen atoms in total. The van der Waals surface area contributed by atoms with E-state index >= 15 is 0 Å². The lowest BCUT2D eigenvalue weighted by molar-refractivity contribution is 0.340. The Hall–Kier alpha value is -1.22. The molecule has 0 saturated heterocycles. The third kappa shape index (κ3) is 6.17. The summed E-state index contributed by atoms with van der Waals surface area (Å²) >= 11 is 0. The third-order valence-electron chi connectivity index (χ3n) is 2.27. The predicted molar refractivity (Wildman–Crippen MR) is 73.9 cm³/mol. The van der Waals surface area contributed by atoms with E-state index in [2.05, 4.69) is 31.4 Å². The normalized spacial score (nSPS) is 11.3. The van der Waals surface area contributed by atoms with Crippen LogP contribution in [-0.2, 0) is 0 Å². The molecule has 17 heavy (non-hydrogen) atoms. The quantitative estimate of drug-likeness (QED) is 0.745. The molecule has 1 aromatic carbocycles. The minimum Gasteiger partial charge on any atom is -0.494 e. The molecular formula is C14H24N2O. The van der Waals surface area contributed by atoms with Crippen molar-refractivity contribution in [3.8, 4) is 5.75 Å². The summed E-state index contributed by atoms with van der Waals surface area (Å²) in [6.07, 6.45) is 0. The molecule has 1 aromatic rings. The zero-order valence-electron chi connectivity index (χ0n) is 11.3. The van der Waals surface area contributed by atoms with E-state index in [1.165, 1.54) is 0 Å². The molecule has 3 heteroatoms. The Morgan fingerprint density at radius 2 is 1.71 bits per heavy atom. The Bertz CT molecular complexity index is 314. The van der Waals surface area contributed by atoms with Crippen molar-refractivity contribution >= 4 is 5.69 Å². The number of anilines is 1. The number of rotatable bonds is 6. The average Bonchev–Trinajstić information content (AvgIpc) is 2.26. The molecule has 0 bridgehead atoms. The van der Waals surface area contributed by atoms with E-state index in [0.29, 0.717) is 6.61 Å². The molecule has 0 saturated carbocycles. The van der Waals surface area contributed by atoms with E-state index in [1.54, 1.807) is 0 Å². The largest absolute Gasteiger partial charge is 0.494 e. The lowest BCUT2D eigenvalue weighted by Gasteiger charge is -2.20. The average molecular weight is 236 g/mol. The Labute approximate surface area is 105 Å². The molecule has 2 N–H and O–H groups in total. The molecule has 96 valence electrons. The minimum absolute atomic E-state index is 0.181. The number of benzene rings is 1. The van der Waals surface area contributed by atoms with E-state index in [0.717, 1.165) is 24.5 Å². The fraction of sp³-hybridized carbons (Fsp3) is 0.571.